The van der Waals surface area contributed by atoms with E-state index in [4.69, 9.17) is 11.6 Å². The number of urea groups is 1. The first-order chi connectivity index (χ1) is 11.7. The fourth-order valence-electron chi connectivity index (χ4n) is 2.44. The summed E-state index contributed by atoms with van der Waals surface area (Å²) in [5, 5.41) is 6.37. The second-order valence-corrected chi connectivity index (χ2v) is 5.78. The maximum atomic E-state index is 11.7. The molecule has 2 amide bonds. The molecule has 0 radical (unpaired) electrons. The maximum absolute atomic E-state index is 11.7. The summed E-state index contributed by atoms with van der Waals surface area (Å²) in [4.78, 5) is 11.7. The first-order valence-corrected chi connectivity index (χ1v) is 8.04. The van der Waals surface area contributed by atoms with Crippen molar-refractivity contribution in [1.82, 2.24) is 10.6 Å². The topological polar surface area (TPSA) is 41.1 Å². The molecule has 0 bridgehead atoms. The van der Waals surface area contributed by atoms with Crippen molar-refractivity contribution in [1.29, 1.82) is 0 Å². The molecule has 1 atom stereocenters. The third kappa shape index (κ3) is 5.36. The predicted molar refractivity (Wildman–Crippen MR) is 97.9 cm³/mol. The van der Waals surface area contributed by atoms with Crippen molar-refractivity contribution in [2.45, 2.75) is 6.04 Å². The van der Waals surface area contributed by atoms with Gasteiger partial charge in [-0.05, 0) is 23.4 Å². The molecule has 3 aromatic carbocycles. The van der Waals surface area contributed by atoms with Crippen LogP contribution in [0.2, 0.25) is 5.02 Å². The SMILES string of the molecule is O=C1NC([c-]2cccc2)=CC(c2ccc(Cl)cc2)N1.[Fe+2].c1cc[cH-]c1. The van der Waals surface area contributed by atoms with Gasteiger partial charge in [0, 0.05) is 11.1 Å². The van der Waals surface area contributed by atoms with Crippen molar-refractivity contribution in [3.63, 3.8) is 0 Å². The number of halogens is 1. The smallest absolute Gasteiger partial charge is 0.335 e. The van der Waals surface area contributed by atoms with Crippen LogP contribution in [0, 0.1) is 0 Å². The number of benzene rings is 1. The molecule has 1 aliphatic rings. The van der Waals surface area contributed by atoms with E-state index in [2.05, 4.69) is 10.6 Å². The normalized spacial score (nSPS) is 15.6. The van der Waals surface area contributed by atoms with Crippen LogP contribution in [-0.4, -0.2) is 6.03 Å². The largest absolute Gasteiger partial charge is 2.00 e. The molecule has 1 aliphatic heterocycles. The number of amides is 2. The Morgan fingerprint density at radius 1 is 1.00 bits per heavy atom. The molecule has 3 nitrogen and oxygen atoms in total. The zero-order chi connectivity index (χ0) is 16.8. The molecule has 0 fully saturated rings. The summed E-state index contributed by atoms with van der Waals surface area (Å²) in [5.74, 6) is 0. The molecule has 0 spiro atoms. The molecule has 4 rings (SSSR count). The van der Waals surface area contributed by atoms with E-state index in [-0.39, 0.29) is 29.1 Å². The van der Waals surface area contributed by atoms with Gasteiger partial charge < -0.3 is 10.6 Å². The van der Waals surface area contributed by atoms with Crippen molar-refractivity contribution in [2.75, 3.05) is 0 Å². The quantitative estimate of drug-likeness (QED) is 0.475. The molecule has 0 saturated heterocycles. The van der Waals surface area contributed by atoms with Gasteiger partial charge in [-0.25, -0.2) is 16.9 Å². The molecule has 0 aromatic heterocycles. The number of carbonyl (C=O) groups excluding carboxylic acids is 1. The first kappa shape index (κ1) is 19.1. The van der Waals surface area contributed by atoms with E-state index in [0.29, 0.717) is 5.02 Å². The van der Waals surface area contributed by atoms with Crippen LogP contribution in [0.15, 0.2) is 84.9 Å². The van der Waals surface area contributed by atoms with Crippen LogP contribution < -0.4 is 10.6 Å². The fourth-order valence-corrected chi connectivity index (χ4v) is 2.57. The Balaban J connectivity index is 0.000000325. The van der Waals surface area contributed by atoms with E-state index in [9.17, 15) is 4.79 Å². The summed E-state index contributed by atoms with van der Waals surface area (Å²) in [7, 11) is 0. The van der Waals surface area contributed by atoms with Crippen LogP contribution in [0.1, 0.15) is 17.2 Å². The van der Waals surface area contributed by atoms with Gasteiger partial charge in [0.05, 0.1) is 0 Å². The average Bonchev–Trinajstić information content (AvgIpc) is 3.31. The Bertz CT molecular complexity index is 776. The van der Waals surface area contributed by atoms with E-state index in [1.165, 1.54) is 0 Å². The molecule has 0 saturated carbocycles. The third-order valence-corrected chi connectivity index (χ3v) is 3.88. The Labute approximate surface area is 162 Å². The molecule has 3 aromatic rings. The number of hydrogen-bond acceptors (Lipinski definition) is 1. The standard InChI is InChI=1S/C15H12ClN2O.C5H5.Fe/c16-12-7-5-11(6-8-12)14-9-13(17-15(19)18-14)10-3-1-2-4-10;1-2-4-5-3-1;/h1-9,14H,(H2,17,18,19);1-5H;/q2*-1;+2. The van der Waals surface area contributed by atoms with Gasteiger partial charge >= 0.3 is 23.1 Å². The van der Waals surface area contributed by atoms with Gasteiger partial charge in [0.25, 0.3) is 0 Å². The summed E-state index contributed by atoms with van der Waals surface area (Å²) in [6.07, 6.45) is 2.00. The Morgan fingerprint density at radius 3 is 2.20 bits per heavy atom. The summed E-state index contributed by atoms with van der Waals surface area (Å²) < 4.78 is 0. The van der Waals surface area contributed by atoms with E-state index in [1.54, 1.807) is 0 Å². The average molecular weight is 393 g/mol. The van der Waals surface area contributed by atoms with Crippen molar-refractivity contribution in [3.8, 4) is 0 Å². The van der Waals surface area contributed by atoms with Crippen LogP contribution in [-0.2, 0) is 17.1 Å². The summed E-state index contributed by atoms with van der Waals surface area (Å²) in [6.45, 7) is 0. The van der Waals surface area contributed by atoms with Crippen molar-refractivity contribution in [2.24, 2.45) is 0 Å². The van der Waals surface area contributed by atoms with Crippen LogP contribution >= 0.6 is 11.6 Å². The summed E-state index contributed by atoms with van der Waals surface area (Å²) in [5.41, 5.74) is 2.84. The van der Waals surface area contributed by atoms with Crippen LogP contribution in [0.4, 0.5) is 4.79 Å². The number of nitrogens with one attached hydrogen (secondary N) is 2. The van der Waals surface area contributed by atoms with E-state index in [1.807, 2.05) is 84.9 Å². The van der Waals surface area contributed by atoms with E-state index >= 15 is 0 Å². The molecular weight excluding hydrogens is 376 g/mol. The van der Waals surface area contributed by atoms with Crippen molar-refractivity contribution >= 4 is 23.3 Å². The summed E-state index contributed by atoms with van der Waals surface area (Å²) >= 11 is 5.87. The molecule has 1 unspecified atom stereocenters. The van der Waals surface area contributed by atoms with Gasteiger partial charge in [-0.2, -0.15) is 30.3 Å². The maximum Gasteiger partial charge on any atom is 2.00 e. The van der Waals surface area contributed by atoms with Gasteiger partial charge in [0.1, 0.15) is 0 Å². The molecule has 1 heterocycles. The van der Waals surface area contributed by atoms with Gasteiger partial charge in [0.2, 0.25) is 0 Å². The minimum atomic E-state index is -0.196. The van der Waals surface area contributed by atoms with E-state index < -0.39 is 0 Å². The number of carbonyl (C=O) groups is 1. The van der Waals surface area contributed by atoms with Crippen LogP contribution in [0.25, 0.3) is 5.70 Å². The van der Waals surface area contributed by atoms with Gasteiger partial charge in [-0.3, -0.25) is 0 Å². The molecule has 2 N–H and O–H groups in total. The number of rotatable bonds is 2. The second-order valence-electron chi connectivity index (χ2n) is 5.34. The zero-order valence-corrected chi connectivity index (χ0v) is 15.2. The summed E-state index contributed by atoms with van der Waals surface area (Å²) in [6, 6.07) is 25.0. The Kier molecular flexibility index (Phi) is 7.08. The minimum Gasteiger partial charge on any atom is -0.335 e. The Morgan fingerprint density at radius 2 is 1.64 bits per heavy atom. The zero-order valence-electron chi connectivity index (χ0n) is 13.3. The van der Waals surface area contributed by atoms with Crippen LogP contribution in [0.3, 0.4) is 0 Å². The van der Waals surface area contributed by atoms with Gasteiger partial charge in [-0.15, -0.1) is 18.2 Å². The second kappa shape index (κ2) is 9.28. The molecule has 25 heavy (non-hydrogen) atoms. The Hall–Kier alpha value is -2.26. The molecular formula is C20H17ClFeN2O. The predicted octanol–water partition coefficient (Wildman–Crippen LogP) is 4.86. The van der Waals surface area contributed by atoms with E-state index in [0.717, 1.165) is 16.8 Å². The minimum absolute atomic E-state index is 0. The number of hydrogen-bond donors (Lipinski definition) is 2. The third-order valence-electron chi connectivity index (χ3n) is 3.63. The van der Waals surface area contributed by atoms with Crippen LogP contribution in [0.5, 0.6) is 0 Å². The molecule has 128 valence electrons. The molecule has 0 aliphatic carbocycles. The monoisotopic (exact) mass is 392 g/mol. The first-order valence-electron chi connectivity index (χ1n) is 7.66. The van der Waals surface area contributed by atoms with Crippen molar-refractivity contribution in [3.05, 3.63) is 101 Å². The van der Waals surface area contributed by atoms with Crippen molar-refractivity contribution < 1.29 is 21.9 Å². The van der Waals surface area contributed by atoms with Gasteiger partial charge in [-0.1, -0.05) is 29.3 Å². The fraction of sp³-hybridized carbons (Fsp3) is 0.0500. The molecule has 5 heteroatoms. The van der Waals surface area contributed by atoms with Gasteiger partial charge in [0.15, 0.2) is 0 Å².